The quantitative estimate of drug-likeness (QED) is 0.901. The predicted octanol–water partition coefficient (Wildman–Crippen LogP) is 3.95. The van der Waals surface area contributed by atoms with Gasteiger partial charge in [-0.05, 0) is 32.4 Å². The molecule has 0 radical (unpaired) electrons. The van der Waals surface area contributed by atoms with Crippen molar-refractivity contribution in [3.05, 3.63) is 65.7 Å². The van der Waals surface area contributed by atoms with Crippen molar-refractivity contribution in [3.63, 3.8) is 0 Å². The Morgan fingerprint density at radius 3 is 2.11 bits per heavy atom. The summed E-state index contributed by atoms with van der Waals surface area (Å²) in [6, 6.07) is 17.2. The molecular weight excluding hydrogens is 236 g/mol. The molecule has 0 spiro atoms. The minimum absolute atomic E-state index is 0.285. The van der Waals surface area contributed by atoms with Crippen LogP contribution in [0, 0.1) is 0 Å². The maximum atomic E-state index is 10.5. The van der Waals surface area contributed by atoms with Gasteiger partial charge in [-0.2, -0.15) is 0 Å². The van der Waals surface area contributed by atoms with Crippen molar-refractivity contribution < 1.29 is 9.84 Å². The average Bonchev–Trinajstić information content (AvgIpc) is 2.38. The van der Waals surface area contributed by atoms with Crippen molar-refractivity contribution in [2.45, 2.75) is 32.5 Å². The smallest absolute Gasteiger partial charge is 0.126 e. The number of aliphatic hydroxyl groups excluding tert-OH is 1. The third kappa shape index (κ3) is 3.58. The first-order valence-electron chi connectivity index (χ1n) is 6.48. The van der Waals surface area contributed by atoms with E-state index in [1.807, 2.05) is 75.4 Å². The van der Waals surface area contributed by atoms with Crippen molar-refractivity contribution >= 4 is 0 Å². The third-order valence-electron chi connectivity index (χ3n) is 2.75. The first-order chi connectivity index (χ1) is 8.97. The molecule has 0 aliphatic heterocycles. The Balaban J connectivity index is 2.35. The minimum Gasteiger partial charge on any atom is -0.488 e. The van der Waals surface area contributed by atoms with Crippen molar-refractivity contribution in [1.82, 2.24) is 0 Å². The summed E-state index contributed by atoms with van der Waals surface area (Å²) in [5, 5.41) is 10.5. The van der Waals surface area contributed by atoms with Crippen LogP contribution in [0.5, 0.6) is 5.75 Å². The van der Waals surface area contributed by atoms with Gasteiger partial charge in [-0.15, -0.1) is 0 Å². The maximum Gasteiger partial charge on any atom is 0.126 e. The zero-order valence-corrected chi connectivity index (χ0v) is 11.6. The average molecular weight is 256 g/mol. The highest BCUT2D eigenvalue weighted by molar-refractivity contribution is 5.40. The number of para-hydroxylation sites is 1. The van der Waals surface area contributed by atoms with E-state index in [-0.39, 0.29) is 5.60 Å². The lowest BCUT2D eigenvalue weighted by Gasteiger charge is -2.24. The van der Waals surface area contributed by atoms with Gasteiger partial charge in [-0.3, -0.25) is 0 Å². The number of benzene rings is 2. The largest absolute Gasteiger partial charge is 0.488 e. The lowest BCUT2D eigenvalue weighted by atomic mass is 10.0. The molecule has 2 aromatic rings. The van der Waals surface area contributed by atoms with E-state index in [1.54, 1.807) is 0 Å². The second-order valence-corrected chi connectivity index (χ2v) is 5.57. The van der Waals surface area contributed by atoms with Gasteiger partial charge in [0.2, 0.25) is 0 Å². The second-order valence-electron chi connectivity index (χ2n) is 5.57. The molecule has 0 heterocycles. The SMILES string of the molecule is CC(C)(C)Oc1ccccc1C(O)c1ccccc1. The first kappa shape index (κ1) is 13.6. The number of hydrogen-bond acceptors (Lipinski definition) is 2. The molecule has 19 heavy (non-hydrogen) atoms. The van der Waals surface area contributed by atoms with E-state index in [2.05, 4.69) is 0 Å². The van der Waals surface area contributed by atoms with Gasteiger partial charge >= 0.3 is 0 Å². The molecule has 2 rings (SSSR count). The molecule has 0 fully saturated rings. The lowest BCUT2D eigenvalue weighted by molar-refractivity contribution is 0.123. The maximum absolute atomic E-state index is 10.5. The van der Waals surface area contributed by atoms with Gasteiger partial charge in [0.25, 0.3) is 0 Å². The normalized spacial score (nSPS) is 13.1. The Kier molecular flexibility index (Phi) is 3.91. The topological polar surface area (TPSA) is 29.5 Å². The molecule has 2 nitrogen and oxygen atoms in total. The van der Waals surface area contributed by atoms with E-state index < -0.39 is 6.10 Å². The van der Waals surface area contributed by atoms with Crippen LogP contribution in [0.25, 0.3) is 0 Å². The molecule has 0 aromatic heterocycles. The number of hydrogen-bond donors (Lipinski definition) is 1. The standard InChI is InChI=1S/C17H20O2/c1-17(2,3)19-15-12-8-7-11-14(15)16(18)13-9-5-4-6-10-13/h4-12,16,18H,1-3H3. The molecule has 0 saturated carbocycles. The van der Waals surface area contributed by atoms with Crippen molar-refractivity contribution in [2.75, 3.05) is 0 Å². The molecule has 1 N–H and O–H groups in total. The van der Waals surface area contributed by atoms with Gasteiger partial charge in [0.15, 0.2) is 0 Å². The van der Waals surface area contributed by atoms with E-state index in [9.17, 15) is 5.11 Å². The summed E-state index contributed by atoms with van der Waals surface area (Å²) in [4.78, 5) is 0. The lowest BCUT2D eigenvalue weighted by Crippen LogP contribution is -2.24. The molecule has 1 unspecified atom stereocenters. The van der Waals surface area contributed by atoms with Gasteiger partial charge in [0.1, 0.15) is 17.5 Å². The number of aliphatic hydroxyl groups is 1. The van der Waals surface area contributed by atoms with Gasteiger partial charge < -0.3 is 9.84 Å². The minimum atomic E-state index is -0.667. The Morgan fingerprint density at radius 2 is 1.47 bits per heavy atom. The van der Waals surface area contributed by atoms with E-state index >= 15 is 0 Å². The summed E-state index contributed by atoms with van der Waals surface area (Å²) in [5.74, 6) is 0.728. The highest BCUT2D eigenvalue weighted by Crippen LogP contribution is 2.31. The second kappa shape index (κ2) is 5.45. The zero-order valence-electron chi connectivity index (χ0n) is 11.6. The van der Waals surface area contributed by atoms with Crippen LogP contribution in [0.15, 0.2) is 54.6 Å². The highest BCUT2D eigenvalue weighted by atomic mass is 16.5. The summed E-state index contributed by atoms with van der Waals surface area (Å²) in [7, 11) is 0. The monoisotopic (exact) mass is 256 g/mol. The molecule has 2 aromatic carbocycles. The van der Waals surface area contributed by atoms with Crippen LogP contribution in [-0.4, -0.2) is 10.7 Å². The van der Waals surface area contributed by atoms with Crippen LogP contribution < -0.4 is 4.74 Å². The van der Waals surface area contributed by atoms with Gasteiger partial charge in [-0.1, -0.05) is 48.5 Å². The fraction of sp³-hybridized carbons (Fsp3) is 0.294. The third-order valence-corrected chi connectivity index (χ3v) is 2.75. The van der Waals surface area contributed by atoms with Crippen LogP contribution in [-0.2, 0) is 0 Å². The first-order valence-corrected chi connectivity index (χ1v) is 6.48. The van der Waals surface area contributed by atoms with E-state index in [0.29, 0.717) is 0 Å². The molecule has 0 aliphatic carbocycles. The summed E-state index contributed by atoms with van der Waals surface area (Å²) < 4.78 is 5.92. The van der Waals surface area contributed by atoms with Gasteiger partial charge in [0.05, 0.1) is 0 Å². The molecule has 0 amide bonds. The molecule has 0 bridgehead atoms. The molecule has 100 valence electrons. The van der Waals surface area contributed by atoms with Gasteiger partial charge in [-0.25, -0.2) is 0 Å². The zero-order chi connectivity index (χ0) is 13.9. The van der Waals surface area contributed by atoms with Gasteiger partial charge in [0, 0.05) is 5.56 Å². The van der Waals surface area contributed by atoms with Crippen LogP contribution in [0.1, 0.15) is 38.0 Å². The van der Waals surface area contributed by atoms with E-state index in [1.165, 1.54) is 0 Å². The fourth-order valence-electron chi connectivity index (χ4n) is 1.94. The van der Waals surface area contributed by atoms with E-state index in [0.717, 1.165) is 16.9 Å². The molecule has 2 heteroatoms. The molecule has 0 aliphatic rings. The predicted molar refractivity (Wildman–Crippen MR) is 77.3 cm³/mol. The van der Waals surface area contributed by atoms with Crippen LogP contribution >= 0.6 is 0 Å². The van der Waals surface area contributed by atoms with Crippen LogP contribution in [0.3, 0.4) is 0 Å². The van der Waals surface area contributed by atoms with Crippen LogP contribution in [0.2, 0.25) is 0 Å². The summed E-state index contributed by atoms with van der Waals surface area (Å²) >= 11 is 0. The summed E-state index contributed by atoms with van der Waals surface area (Å²) in [6.07, 6.45) is -0.667. The van der Waals surface area contributed by atoms with Crippen molar-refractivity contribution in [2.24, 2.45) is 0 Å². The highest BCUT2D eigenvalue weighted by Gasteiger charge is 2.19. The summed E-state index contributed by atoms with van der Waals surface area (Å²) in [6.45, 7) is 6.00. The molecule has 1 atom stereocenters. The van der Waals surface area contributed by atoms with Crippen LogP contribution in [0.4, 0.5) is 0 Å². The summed E-state index contributed by atoms with van der Waals surface area (Å²) in [5.41, 5.74) is 1.38. The number of ether oxygens (including phenoxy) is 1. The Labute approximate surface area is 114 Å². The molecular formula is C17H20O2. The fourth-order valence-corrected chi connectivity index (χ4v) is 1.94. The number of rotatable bonds is 3. The van der Waals surface area contributed by atoms with Crippen molar-refractivity contribution in [1.29, 1.82) is 0 Å². The van der Waals surface area contributed by atoms with Crippen molar-refractivity contribution in [3.8, 4) is 5.75 Å². The van der Waals surface area contributed by atoms with E-state index in [4.69, 9.17) is 4.74 Å². The Morgan fingerprint density at radius 1 is 0.895 bits per heavy atom. The Hall–Kier alpha value is -1.80. The molecule has 0 saturated heterocycles. The Bertz CT molecular complexity index is 526.